The summed E-state index contributed by atoms with van der Waals surface area (Å²) in [5.41, 5.74) is 0.603. The van der Waals surface area contributed by atoms with Gasteiger partial charge >= 0.3 is 0 Å². The van der Waals surface area contributed by atoms with Gasteiger partial charge in [0.05, 0.1) is 18.4 Å². The summed E-state index contributed by atoms with van der Waals surface area (Å²) in [6, 6.07) is 0. The molecule has 0 amide bonds. The van der Waals surface area contributed by atoms with Gasteiger partial charge in [0, 0.05) is 37.7 Å². The van der Waals surface area contributed by atoms with Gasteiger partial charge in [0.25, 0.3) is 0 Å². The third-order valence-electron chi connectivity index (χ3n) is 4.41. The van der Waals surface area contributed by atoms with Gasteiger partial charge < -0.3 is 15.2 Å². The fourth-order valence-corrected chi connectivity index (χ4v) is 3.92. The van der Waals surface area contributed by atoms with E-state index in [9.17, 15) is 8.42 Å². The molecule has 2 aromatic rings. The lowest BCUT2D eigenvalue weighted by atomic mass is 9.96. The van der Waals surface area contributed by atoms with Gasteiger partial charge in [-0.25, -0.2) is 23.4 Å². The second kappa shape index (κ2) is 7.49. The van der Waals surface area contributed by atoms with Crippen LogP contribution in [0.25, 0.3) is 0 Å². The third kappa shape index (κ3) is 4.16. The number of aryl methyl sites for hydroxylation is 1. The summed E-state index contributed by atoms with van der Waals surface area (Å²) in [5.74, 6) is 1.40. The minimum atomic E-state index is -3.37. The number of rotatable bonds is 6. The van der Waals surface area contributed by atoms with Crippen molar-refractivity contribution in [2.24, 2.45) is 0 Å². The van der Waals surface area contributed by atoms with E-state index in [0.717, 1.165) is 38.3 Å². The number of hydrogen-bond donors (Lipinski definition) is 2. The number of nitrogens with one attached hydrogen (secondary N) is 2. The highest BCUT2D eigenvalue weighted by Crippen LogP contribution is 2.27. The van der Waals surface area contributed by atoms with Crippen LogP contribution in [0.3, 0.4) is 0 Å². The Hall–Kier alpha value is -2.00. The van der Waals surface area contributed by atoms with E-state index in [-0.39, 0.29) is 10.8 Å². The van der Waals surface area contributed by atoms with Crippen molar-refractivity contribution in [1.29, 1.82) is 0 Å². The third-order valence-corrected chi connectivity index (χ3v) is 5.53. The van der Waals surface area contributed by atoms with Crippen LogP contribution in [0.2, 0.25) is 0 Å². The molecule has 0 aliphatic carbocycles. The predicted molar refractivity (Wildman–Crippen MR) is 95.2 cm³/mol. The molecule has 1 atom stereocenters. The molecule has 9 heteroatoms. The summed E-state index contributed by atoms with van der Waals surface area (Å²) in [6.45, 7) is 5.07. The Morgan fingerprint density at radius 2 is 2.24 bits per heavy atom. The van der Waals surface area contributed by atoms with Gasteiger partial charge in [0.2, 0.25) is 5.95 Å². The van der Waals surface area contributed by atoms with Crippen LogP contribution < -0.4 is 10.6 Å². The molecule has 1 fully saturated rings. The quantitative estimate of drug-likeness (QED) is 0.793. The Balaban J connectivity index is 1.85. The molecule has 2 N–H and O–H groups in total. The molecule has 0 aromatic carbocycles. The first-order chi connectivity index (χ1) is 12.0. The summed E-state index contributed by atoms with van der Waals surface area (Å²) in [4.78, 5) is 13.3. The monoisotopic (exact) mass is 364 g/mol. The summed E-state index contributed by atoms with van der Waals surface area (Å²) in [6.07, 6.45) is 8.23. The van der Waals surface area contributed by atoms with E-state index in [2.05, 4.69) is 32.5 Å². The van der Waals surface area contributed by atoms with E-state index in [1.165, 1.54) is 12.5 Å². The summed E-state index contributed by atoms with van der Waals surface area (Å²) >= 11 is 0. The fourth-order valence-electron chi connectivity index (χ4n) is 3.09. The number of nitrogens with zero attached hydrogens (tertiary/aromatic N) is 4. The van der Waals surface area contributed by atoms with E-state index in [1.54, 1.807) is 6.20 Å². The van der Waals surface area contributed by atoms with Crippen LogP contribution in [0.15, 0.2) is 23.5 Å². The second-order valence-corrected chi connectivity index (χ2v) is 8.23. The molecular weight excluding hydrogens is 340 g/mol. The number of piperidine rings is 1. The molecule has 0 bridgehead atoms. The highest BCUT2D eigenvalue weighted by Gasteiger charge is 2.25. The van der Waals surface area contributed by atoms with Crippen molar-refractivity contribution >= 4 is 15.8 Å². The number of hydrogen-bond acceptors (Lipinski definition) is 7. The number of anilines is 1. The molecule has 1 saturated heterocycles. The Morgan fingerprint density at radius 1 is 1.40 bits per heavy atom. The van der Waals surface area contributed by atoms with Crippen molar-refractivity contribution < 1.29 is 8.42 Å². The first-order valence-corrected chi connectivity index (χ1v) is 10.4. The van der Waals surface area contributed by atoms with Crippen LogP contribution in [0.1, 0.15) is 37.2 Å². The van der Waals surface area contributed by atoms with Gasteiger partial charge in [-0.2, -0.15) is 0 Å². The Bertz CT molecular complexity index is 827. The number of sulfone groups is 1. The van der Waals surface area contributed by atoms with Crippen molar-refractivity contribution in [1.82, 2.24) is 24.8 Å². The van der Waals surface area contributed by atoms with Crippen LogP contribution in [0.4, 0.5) is 5.95 Å². The van der Waals surface area contributed by atoms with Crippen LogP contribution >= 0.6 is 0 Å². The average molecular weight is 364 g/mol. The van der Waals surface area contributed by atoms with Gasteiger partial charge in [-0.1, -0.05) is 0 Å². The summed E-state index contributed by atoms with van der Waals surface area (Å²) in [5, 5.41) is 6.47. The van der Waals surface area contributed by atoms with Gasteiger partial charge in [0.1, 0.15) is 10.7 Å². The lowest BCUT2D eigenvalue weighted by Gasteiger charge is -2.24. The largest absolute Gasteiger partial charge is 0.347 e. The molecule has 0 unspecified atom stereocenters. The maximum Gasteiger partial charge on any atom is 0.223 e. The lowest BCUT2D eigenvalue weighted by Crippen LogP contribution is -2.30. The zero-order chi connectivity index (χ0) is 17.9. The predicted octanol–water partition coefficient (Wildman–Crippen LogP) is 1.18. The van der Waals surface area contributed by atoms with Crippen LogP contribution in [0, 0.1) is 0 Å². The molecule has 1 aliphatic rings. The first-order valence-electron chi connectivity index (χ1n) is 8.50. The SMILES string of the molecule is CCn1ccnc1CNc1ncc(S(C)(=O)=O)c([C@@H]2CCCNC2)n1. The second-order valence-electron chi connectivity index (χ2n) is 6.24. The van der Waals surface area contributed by atoms with Gasteiger partial charge in [-0.15, -0.1) is 0 Å². The maximum absolute atomic E-state index is 12.1. The molecule has 0 saturated carbocycles. The van der Waals surface area contributed by atoms with Crippen molar-refractivity contribution in [3.8, 4) is 0 Å². The Morgan fingerprint density at radius 3 is 2.92 bits per heavy atom. The smallest absolute Gasteiger partial charge is 0.223 e. The Labute approximate surface area is 148 Å². The molecular formula is C16H24N6O2S. The molecule has 1 aliphatic heterocycles. The highest BCUT2D eigenvalue weighted by molar-refractivity contribution is 7.90. The molecule has 25 heavy (non-hydrogen) atoms. The number of imidazole rings is 1. The average Bonchev–Trinajstić information content (AvgIpc) is 3.07. The van der Waals surface area contributed by atoms with E-state index in [0.29, 0.717) is 18.2 Å². The molecule has 0 spiro atoms. The first kappa shape index (κ1) is 17.8. The highest BCUT2D eigenvalue weighted by atomic mass is 32.2. The van der Waals surface area contributed by atoms with Crippen molar-refractivity contribution in [3.63, 3.8) is 0 Å². The minimum Gasteiger partial charge on any atom is -0.347 e. The molecule has 3 rings (SSSR count). The van der Waals surface area contributed by atoms with Gasteiger partial charge in [-0.05, 0) is 26.3 Å². The van der Waals surface area contributed by atoms with E-state index >= 15 is 0 Å². The zero-order valence-electron chi connectivity index (χ0n) is 14.6. The minimum absolute atomic E-state index is 0.0830. The summed E-state index contributed by atoms with van der Waals surface area (Å²) in [7, 11) is -3.37. The topological polar surface area (TPSA) is 102 Å². The Kier molecular flexibility index (Phi) is 5.33. The molecule has 136 valence electrons. The van der Waals surface area contributed by atoms with Crippen LogP contribution in [-0.2, 0) is 22.9 Å². The molecule has 3 heterocycles. The van der Waals surface area contributed by atoms with Gasteiger partial charge in [0.15, 0.2) is 9.84 Å². The van der Waals surface area contributed by atoms with E-state index in [4.69, 9.17) is 0 Å². The van der Waals surface area contributed by atoms with E-state index in [1.807, 2.05) is 10.8 Å². The molecule has 8 nitrogen and oxygen atoms in total. The normalized spacial score (nSPS) is 18.2. The van der Waals surface area contributed by atoms with E-state index < -0.39 is 9.84 Å². The van der Waals surface area contributed by atoms with Crippen molar-refractivity contribution in [3.05, 3.63) is 30.1 Å². The maximum atomic E-state index is 12.1. The summed E-state index contributed by atoms with van der Waals surface area (Å²) < 4.78 is 26.2. The fraction of sp³-hybridized carbons (Fsp3) is 0.562. The van der Waals surface area contributed by atoms with Gasteiger partial charge in [-0.3, -0.25) is 0 Å². The lowest BCUT2D eigenvalue weighted by molar-refractivity contribution is 0.448. The zero-order valence-corrected chi connectivity index (χ0v) is 15.4. The molecule has 0 radical (unpaired) electrons. The molecule has 2 aromatic heterocycles. The standard InChI is InChI=1S/C16H24N6O2S/c1-3-22-8-7-18-14(22)11-20-16-19-10-13(25(2,23)24)15(21-16)12-5-4-6-17-9-12/h7-8,10,12,17H,3-6,9,11H2,1-2H3,(H,19,20,21)/t12-/m1/s1. The van der Waals surface area contributed by atoms with Crippen LogP contribution in [-0.4, -0.2) is 47.3 Å². The number of aromatic nitrogens is 4. The van der Waals surface area contributed by atoms with Crippen molar-refractivity contribution in [2.45, 2.75) is 43.7 Å². The van der Waals surface area contributed by atoms with Crippen LogP contribution in [0.5, 0.6) is 0 Å². The van der Waals surface area contributed by atoms with Crippen molar-refractivity contribution in [2.75, 3.05) is 24.7 Å².